The highest BCUT2D eigenvalue weighted by Crippen LogP contribution is 2.33. The van der Waals surface area contributed by atoms with Gasteiger partial charge in [0.05, 0.1) is 6.10 Å². The zero-order valence-electron chi connectivity index (χ0n) is 13.8. The molecule has 4 N–H and O–H groups in total. The van der Waals surface area contributed by atoms with Gasteiger partial charge in [-0.1, -0.05) is 6.07 Å². The average molecular weight is 343 g/mol. The van der Waals surface area contributed by atoms with Crippen LogP contribution in [0.15, 0.2) is 24.5 Å². The molecular weight excluding hydrogens is 322 g/mol. The van der Waals surface area contributed by atoms with Gasteiger partial charge in [0.25, 0.3) is 0 Å². The second-order valence-electron chi connectivity index (χ2n) is 6.04. The maximum Gasteiger partial charge on any atom is 0.231 e. The Labute approximate surface area is 145 Å². The molecule has 0 spiro atoms. The van der Waals surface area contributed by atoms with Crippen LogP contribution < -0.4 is 25.8 Å². The standard InChI is InChI=1S/C17H21N5O3/c18-15-16(19-7-11-3-4-13-14(6-11)25-10-24-13)21-9-22-17(15)20-8-12-2-1-5-23-12/h3-4,6,9,12H,1-2,5,7-8,10,18H2,(H2,19,20,21,22). The van der Waals surface area contributed by atoms with Crippen molar-refractivity contribution in [3.8, 4) is 11.5 Å². The van der Waals surface area contributed by atoms with Crippen LogP contribution in [0.2, 0.25) is 0 Å². The van der Waals surface area contributed by atoms with E-state index in [2.05, 4.69) is 20.6 Å². The molecule has 1 fully saturated rings. The number of ether oxygens (including phenoxy) is 3. The zero-order chi connectivity index (χ0) is 17.1. The van der Waals surface area contributed by atoms with Crippen LogP contribution in [0.1, 0.15) is 18.4 Å². The van der Waals surface area contributed by atoms with Crippen LogP contribution in [0, 0.1) is 0 Å². The molecule has 0 radical (unpaired) electrons. The van der Waals surface area contributed by atoms with E-state index in [1.807, 2.05) is 18.2 Å². The lowest BCUT2D eigenvalue weighted by atomic mass is 10.2. The highest BCUT2D eigenvalue weighted by atomic mass is 16.7. The fourth-order valence-electron chi connectivity index (χ4n) is 2.93. The summed E-state index contributed by atoms with van der Waals surface area (Å²) in [5, 5.41) is 6.49. The molecule has 0 aliphatic carbocycles. The lowest BCUT2D eigenvalue weighted by Crippen LogP contribution is -2.20. The topological polar surface area (TPSA) is 104 Å². The molecule has 0 bridgehead atoms. The van der Waals surface area contributed by atoms with E-state index in [0.29, 0.717) is 30.4 Å². The summed E-state index contributed by atoms with van der Waals surface area (Å²) in [6.07, 6.45) is 3.89. The molecule has 1 aromatic heterocycles. The molecule has 25 heavy (non-hydrogen) atoms. The van der Waals surface area contributed by atoms with Crippen LogP contribution in [0.25, 0.3) is 0 Å². The number of nitrogens with two attached hydrogens (primary N) is 1. The molecule has 4 rings (SSSR count). The first-order valence-corrected chi connectivity index (χ1v) is 8.38. The smallest absolute Gasteiger partial charge is 0.231 e. The minimum absolute atomic E-state index is 0.222. The van der Waals surface area contributed by atoms with Gasteiger partial charge in [-0.2, -0.15) is 0 Å². The van der Waals surface area contributed by atoms with Crippen molar-refractivity contribution < 1.29 is 14.2 Å². The van der Waals surface area contributed by atoms with Gasteiger partial charge in [-0.05, 0) is 30.5 Å². The number of fused-ring (bicyclic) bond motifs is 1. The van der Waals surface area contributed by atoms with Crippen molar-refractivity contribution in [2.24, 2.45) is 0 Å². The Morgan fingerprint density at radius 2 is 1.96 bits per heavy atom. The number of aromatic nitrogens is 2. The van der Waals surface area contributed by atoms with Gasteiger partial charge in [-0.3, -0.25) is 0 Å². The van der Waals surface area contributed by atoms with Gasteiger partial charge in [-0.15, -0.1) is 0 Å². The maximum absolute atomic E-state index is 6.19. The molecule has 1 aromatic carbocycles. The summed E-state index contributed by atoms with van der Waals surface area (Å²) in [4.78, 5) is 8.45. The van der Waals surface area contributed by atoms with Gasteiger partial charge in [0.15, 0.2) is 23.1 Å². The molecule has 2 aliphatic rings. The Morgan fingerprint density at radius 3 is 2.80 bits per heavy atom. The predicted molar refractivity (Wildman–Crippen MR) is 93.8 cm³/mol. The van der Waals surface area contributed by atoms with Crippen LogP contribution >= 0.6 is 0 Å². The van der Waals surface area contributed by atoms with Crippen LogP contribution in [0.5, 0.6) is 11.5 Å². The molecule has 2 aliphatic heterocycles. The number of nitrogens with one attached hydrogen (secondary N) is 2. The number of hydrogen-bond donors (Lipinski definition) is 3. The van der Waals surface area contributed by atoms with Gasteiger partial charge in [-0.25, -0.2) is 9.97 Å². The van der Waals surface area contributed by atoms with Crippen molar-refractivity contribution in [3.05, 3.63) is 30.1 Å². The quantitative estimate of drug-likeness (QED) is 0.732. The zero-order valence-corrected chi connectivity index (χ0v) is 13.8. The van der Waals surface area contributed by atoms with Crippen molar-refractivity contribution in [3.63, 3.8) is 0 Å². The molecule has 2 aromatic rings. The Balaban J connectivity index is 1.39. The number of anilines is 3. The Morgan fingerprint density at radius 1 is 1.12 bits per heavy atom. The molecule has 1 unspecified atom stereocenters. The number of nitrogen functional groups attached to an aromatic ring is 1. The molecule has 1 atom stereocenters. The average Bonchev–Trinajstić information content (AvgIpc) is 3.31. The van der Waals surface area contributed by atoms with Crippen LogP contribution in [0.3, 0.4) is 0 Å². The van der Waals surface area contributed by atoms with E-state index in [1.165, 1.54) is 6.33 Å². The monoisotopic (exact) mass is 343 g/mol. The summed E-state index contributed by atoms with van der Waals surface area (Å²) in [6, 6.07) is 5.83. The van der Waals surface area contributed by atoms with Gasteiger partial charge in [0, 0.05) is 19.7 Å². The van der Waals surface area contributed by atoms with E-state index in [9.17, 15) is 0 Å². The Bertz CT molecular complexity index is 749. The summed E-state index contributed by atoms with van der Waals surface area (Å²) in [7, 11) is 0. The second kappa shape index (κ2) is 7.02. The Kier molecular flexibility index (Phi) is 4.43. The SMILES string of the molecule is Nc1c(NCc2ccc3c(c2)OCO3)ncnc1NCC1CCCO1. The van der Waals surface area contributed by atoms with Crippen molar-refractivity contribution in [2.75, 3.05) is 36.3 Å². The van der Waals surface area contributed by atoms with Gasteiger partial charge >= 0.3 is 0 Å². The first-order chi connectivity index (χ1) is 12.3. The number of rotatable bonds is 6. The number of benzene rings is 1. The van der Waals surface area contributed by atoms with Crippen molar-refractivity contribution >= 4 is 17.3 Å². The van der Waals surface area contributed by atoms with Crippen LogP contribution in [-0.2, 0) is 11.3 Å². The summed E-state index contributed by atoms with van der Waals surface area (Å²) in [5.41, 5.74) is 7.74. The first kappa shape index (κ1) is 15.8. The van der Waals surface area contributed by atoms with E-state index >= 15 is 0 Å². The number of hydrogen-bond acceptors (Lipinski definition) is 8. The normalized spacial score (nSPS) is 18.3. The molecular formula is C17H21N5O3. The fourth-order valence-corrected chi connectivity index (χ4v) is 2.93. The molecule has 8 nitrogen and oxygen atoms in total. The highest BCUT2D eigenvalue weighted by molar-refractivity contribution is 5.74. The van der Waals surface area contributed by atoms with E-state index in [-0.39, 0.29) is 12.9 Å². The van der Waals surface area contributed by atoms with Crippen LogP contribution in [0.4, 0.5) is 17.3 Å². The Hall–Kier alpha value is -2.74. The lowest BCUT2D eigenvalue weighted by molar-refractivity contribution is 0.120. The fraction of sp³-hybridized carbons (Fsp3) is 0.412. The number of nitrogens with zero attached hydrogens (tertiary/aromatic N) is 2. The molecule has 0 saturated carbocycles. The third-order valence-electron chi connectivity index (χ3n) is 4.30. The lowest BCUT2D eigenvalue weighted by Gasteiger charge is -2.15. The molecule has 8 heteroatoms. The molecule has 3 heterocycles. The van der Waals surface area contributed by atoms with Crippen molar-refractivity contribution in [1.82, 2.24) is 9.97 Å². The minimum Gasteiger partial charge on any atom is -0.454 e. The third-order valence-corrected chi connectivity index (χ3v) is 4.30. The summed E-state index contributed by atoms with van der Waals surface area (Å²) >= 11 is 0. The van der Waals surface area contributed by atoms with Crippen LogP contribution in [-0.4, -0.2) is 36.0 Å². The summed E-state index contributed by atoms with van der Waals surface area (Å²) < 4.78 is 16.3. The maximum atomic E-state index is 6.19. The van der Waals surface area contributed by atoms with E-state index in [0.717, 1.165) is 36.5 Å². The van der Waals surface area contributed by atoms with Gasteiger partial charge in [0.2, 0.25) is 6.79 Å². The second-order valence-corrected chi connectivity index (χ2v) is 6.04. The minimum atomic E-state index is 0.222. The van der Waals surface area contributed by atoms with E-state index < -0.39 is 0 Å². The summed E-state index contributed by atoms with van der Waals surface area (Å²) in [5.74, 6) is 2.75. The van der Waals surface area contributed by atoms with Gasteiger partial charge < -0.3 is 30.6 Å². The third kappa shape index (κ3) is 3.53. The predicted octanol–water partition coefficient (Wildman–Crippen LogP) is 1.99. The molecule has 0 amide bonds. The van der Waals surface area contributed by atoms with Gasteiger partial charge in [0.1, 0.15) is 12.0 Å². The van der Waals surface area contributed by atoms with E-state index in [1.54, 1.807) is 0 Å². The van der Waals surface area contributed by atoms with E-state index in [4.69, 9.17) is 19.9 Å². The van der Waals surface area contributed by atoms with Crippen molar-refractivity contribution in [1.29, 1.82) is 0 Å². The molecule has 1 saturated heterocycles. The summed E-state index contributed by atoms with van der Waals surface area (Å²) in [6.45, 7) is 2.37. The first-order valence-electron chi connectivity index (χ1n) is 8.38. The largest absolute Gasteiger partial charge is 0.454 e. The molecule has 132 valence electrons. The highest BCUT2D eigenvalue weighted by Gasteiger charge is 2.17. The van der Waals surface area contributed by atoms with Crippen molar-refractivity contribution in [2.45, 2.75) is 25.5 Å².